The third kappa shape index (κ3) is 2.33. The van der Waals surface area contributed by atoms with Gasteiger partial charge in [-0.25, -0.2) is 0 Å². The zero-order valence-electron chi connectivity index (χ0n) is 9.42. The average Bonchev–Trinajstić information content (AvgIpc) is 2.14. The molecule has 0 radical (unpaired) electrons. The van der Waals surface area contributed by atoms with Crippen LogP contribution in [0.15, 0.2) is 0 Å². The number of alkyl halides is 1. The van der Waals surface area contributed by atoms with Crippen molar-refractivity contribution < 1.29 is 9.59 Å². The van der Waals surface area contributed by atoms with Crippen molar-refractivity contribution in [3.05, 3.63) is 0 Å². The predicted octanol–water partition coefficient (Wildman–Crippen LogP) is 0.851. The summed E-state index contributed by atoms with van der Waals surface area (Å²) in [6, 6.07) is 0. The van der Waals surface area contributed by atoms with Crippen molar-refractivity contribution >= 4 is 27.7 Å². The largest absolute Gasteiger partial charge is 0.342 e. The van der Waals surface area contributed by atoms with Gasteiger partial charge in [0.2, 0.25) is 11.8 Å². The van der Waals surface area contributed by atoms with Crippen LogP contribution in [0.1, 0.15) is 20.3 Å². The van der Waals surface area contributed by atoms with Crippen molar-refractivity contribution in [3.8, 4) is 0 Å². The third-order valence-electron chi connectivity index (χ3n) is 2.81. The summed E-state index contributed by atoms with van der Waals surface area (Å²) in [5.74, 6) is 0.0509. The fourth-order valence-electron chi connectivity index (χ4n) is 1.87. The molecule has 1 aliphatic heterocycles. The van der Waals surface area contributed by atoms with E-state index in [2.05, 4.69) is 15.9 Å². The van der Waals surface area contributed by atoms with E-state index in [1.54, 1.807) is 30.7 Å². The minimum Gasteiger partial charge on any atom is -0.342 e. The summed E-state index contributed by atoms with van der Waals surface area (Å²) in [6.07, 6.45) is 0.445. The molecule has 0 bridgehead atoms. The molecule has 0 N–H and O–H groups in total. The molecule has 5 heteroatoms. The minimum absolute atomic E-state index is 0.0108. The van der Waals surface area contributed by atoms with Gasteiger partial charge in [-0.15, -0.1) is 0 Å². The lowest BCUT2D eigenvalue weighted by molar-refractivity contribution is -0.157. The maximum atomic E-state index is 11.9. The predicted molar refractivity (Wildman–Crippen MR) is 61.8 cm³/mol. The van der Waals surface area contributed by atoms with E-state index in [-0.39, 0.29) is 11.8 Å². The van der Waals surface area contributed by atoms with E-state index >= 15 is 0 Å². The molecule has 0 aromatic carbocycles. The summed E-state index contributed by atoms with van der Waals surface area (Å²) in [6.45, 7) is 4.85. The molecule has 1 fully saturated rings. The van der Waals surface area contributed by atoms with Gasteiger partial charge in [0.25, 0.3) is 0 Å². The fraction of sp³-hybridized carbons (Fsp3) is 0.800. The van der Waals surface area contributed by atoms with Crippen molar-refractivity contribution in [2.75, 3.05) is 25.5 Å². The molecule has 0 atom stereocenters. The monoisotopic (exact) mass is 276 g/mol. The van der Waals surface area contributed by atoms with E-state index in [9.17, 15) is 9.59 Å². The van der Waals surface area contributed by atoms with Gasteiger partial charge in [-0.1, -0.05) is 15.9 Å². The Balaban J connectivity index is 2.82. The van der Waals surface area contributed by atoms with Crippen LogP contribution in [0.4, 0.5) is 0 Å². The van der Waals surface area contributed by atoms with Crippen LogP contribution in [0, 0.1) is 0 Å². The molecule has 0 aromatic rings. The number of carbonyl (C=O) groups excluding carboxylic acids is 2. The van der Waals surface area contributed by atoms with Crippen LogP contribution >= 0.6 is 15.9 Å². The maximum Gasteiger partial charge on any atom is 0.247 e. The third-order valence-corrected chi connectivity index (χ3v) is 3.21. The fourth-order valence-corrected chi connectivity index (χ4v) is 2.21. The van der Waals surface area contributed by atoms with Crippen LogP contribution < -0.4 is 0 Å². The Hall–Kier alpha value is -0.580. The van der Waals surface area contributed by atoms with Crippen LogP contribution in [0.5, 0.6) is 0 Å². The molecule has 0 aliphatic carbocycles. The van der Waals surface area contributed by atoms with E-state index in [0.717, 1.165) is 0 Å². The van der Waals surface area contributed by atoms with Gasteiger partial charge < -0.3 is 9.80 Å². The number of hydrogen-bond donors (Lipinski definition) is 0. The van der Waals surface area contributed by atoms with Gasteiger partial charge in [0.1, 0.15) is 5.54 Å². The number of hydrogen-bond acceptors (Lipinski definition) is 2. The van der Waals surface area contributed by atoms with Crippen LogP contribution in [-0.4, -0.2) is 52.6 Å². The van der Waals surface area contributed by atoms with Gasteiger partial charge in [-0.3, -0.25) is 9.59 Å². The SMILES string of the molecule is CN1CCN(C(=O)CCBr)C(C)(C)C1=O. The Morgan fingerprint density at radius 2 is 2.07 bits per heavy atom. The zero-order valence-corrected chi connectivity index (χ0v) is 11.0. The first-order valence-corrected chi connectivity index (χ1v) is 6.15. The molecule has 0 saturated carbocycles. The number of halogens is 1. The number of amides is 2. The molecule has 0 spiro atoms. The highest BCUT2D eigenvalue weighted by atomic mass is 79.9. The standard InChI is InChI=1S/C10H17BrN2O2/c1-10(2)9(15)12(3)6-7-13(10)8(14)4-5-11/h4-7H2,1-3H3. The summed E-state index contributed by atoms with van der Waals surface area (Å²) in [5, 5.41) is 0.641. The van der Waals surface area contributed by atoms with E-state index < -0.39 is 5.54 Å². The Bertz CT molecular complexity index is 279. The van der Waals surface area contributed by atoms with E-state index in [0.29, 0.717) is 24.8 Å². The molecule has 0 aromatic heterocycles. The first kappa shape index (κ1) is 12.5. The Morgan fingerprint density at radius 3 is 2.60 bits per heavy atom. The lowest BCUT2D eigenvalue weighted by atomic mass is 9.97. The molecular weight excluding hydrogens is 260 g/mol. The first-order chi connectivity index (χ1) is 6.91. The lowest BCUT2D eigenvalue weighted by Gasteiger charge is -2.44. The zero-order chi connectivity index (χ0) is 11.6. The molecule has 15 heavy (non-hydrogen) atoms. The van der Waals surface area contributed by atoms with Crippen LogP contribution in [0.25, 0.3) is 0 Å². The molecule has 1 rings (SSSR count). The first-order valence-electron chi connectivity index (χ1n) is 5.03. The molecule has 4 nitrogen and oxygen atoms in total. The van der Waals surface area contributed by atoms with Gasteiger partial charge in [0.05, 0.1) is 0 Å². The highest BCUT2D eigenvalue weighted by molar-refractivity contribution is 9.09. The number of rotatable bonds is 2. The van der Waals surface area contributed by atoms with Gasteiger partial charge in [0.15, 0.2) is 0 Å². The second kappa shape index (κ2) is 4.51. The van der Waals surface area contributed by atoms with Crippen molar-refractivity contribution in [3.63, 3.8) is 0 Å². The molecule has 1 saturated heterocycles. The summed E-state index contributed by atoms with van der Waals surface area (Å²) in [7, 11) is 1.77. The average molecular weight is 277 g/mol. The van der Waals surface area contributed by atoms with Gasteiger partial charge >= 0.3 is 0 Å². The van der Waals surface area contributed by atoms with E-state index in [1.807, 2.05) is 0 Å². The van der Waals surface area contributed by atoms with Crippen molar-refractivity contribution in [2.24, 2.45) is 0 Å². The normalized spacial score (nSPS) is 20.7. The Labute approximate surface area is 98.7 Å². The molecule has 0 unspecified atom stereocenters. The quantitative estimate of drug-likeness (QED) is 0.702. The summed E-state index contributed by atoms with van der Waals surface area (Å²) in [5.41, 5.74) is -0.702. The van der Waals surface area contributed by atoms with Crippen LogP contribution in [-0.2, 0) is 9.59 Å². The van der Waals surface area contributed by atoms with Crippen molar-refractivity contribution in [2.45, 2.75) is 25.8 Å². The van der Waals surface area contributed by atoms with Gasteiger partial charge in [-0.2, -0.15) is 0 Å². The minimum atomic E-state index is -0.702. The highest BCUT2D eigenvalue weighted by Gasteiger charge is 2.42. The second-order valence-corrected chi connectivity index (χ2v) is 5.06. The Morgan fingerprint density at radius 1 is 1.47 bits per heavy atom. The molecule has 1 aliphatic rings. The van der Waals surface area contributed by atoms with E-state index in [4.69, 9.17) is 0 Å². The molecule has 1 heterocycles. The highest BCUT2D eigenvalue weighted by Crippen LogP contribution is 2.22. The summed E-state index contributed by atoms with van der Waals surface area (Å²) >= 11 is 3.24. The number of likely N-dealkylation sites (N-methyl/N-ethyl adjacent to an activating group) is 1. The van der Waals surface area contributed by atoms with Crippen LogP contribution in [0.2, 0.25) is 0 Å². The summed E-state index contributed by atoms with van der Waals surface area (Å²) < 4.78 is 0. The smallest absolute Gasteiger partial charge is 0.247 e. The van der Waals surface area contributed by atoms with Gasteiger partial charge in [0, 0.05) is 31.9 Å². The maximum absolute atomic E-state index is 11.9. The summed E-state index contributed by atoms with van der Waals surface area (Å²) in [4.78, 5) is 27.0. The van der Waals surface area contributed by atoms with Crippen molar-refractivity contribution in [1.82, 2.24) is 9.80 Å². The topological polar surface area (TPSA) is 40.6 Å². The van der Waals surface area contributed by atoms with Gasteiger partial charge in [-0.05, 0) is 13.8 Å². The Kier molecular flexibility index (Phi) is 3.76. The molecular formula is C10H17BrN2O2. The molecule has 2 amide bonds. The van der Waals surface area contributed by atoms with Crippen molar-refractivity contribution in [1.29, 1.82) is 0 Å². The second-order valence-electron chi connectivity index (χ2n) is 4.27. The lowest BCUT2D eigenvalue weighted by Crippen LogP contribution is -2.63. The number of piperazine rings is 1. The van der Waals surface area contributed by atoms with E-state index in [1.165, 1.54) is 0 Å². The number of carbonyl (C=O) groups is 2. The number of nitrogens with zero attached hydrogens (tertiary/aromatic N) is 2. The van der Waals surface area contributed by atoms with Crippen LogP contribution in [0.3, 0.4) is 0 Å². The molecule has 86 valence electrons.